The van der Waals surface area contributed by atoms with Gasteiger partial charge in [0.25, 0.3) is 0 Å². The van der Waals surface area contributed by atoms with E-state index in [1.54, 1.807) is 30.7 Å². The topological polar surface area (TPSA) is 94.4 Å². The third kappa shape index (κ3) is 5.14. The van der Waals surface area contributed by atoms with Gasteiger partial charge in [-0.2, -0.15) is 0 Å². The SMILES string of the molecule is COc1ccc(Cn2nnnc2C2N3C(=O)C(NC(c4ccccc4)(c4ccccc4C)c4ccccc4C)[C@H]3SC2(C)C)c(OC)c1. The van der Waals surface area contributed by atoms with E-state index in [0.29, 0.717) is 23.9 Å². The third-order valence-electron chi connectivity index (χ3n) is 9.74. The smallest absolute Gasteiger partial charge is 0.244 e. The molecule has 2 fully saturated rings. The van der Waals surface area contributed by atoms with Crippen molar-refractivity contribution in [3.8, 4) is 11.5 Å². The second kappa shape index (κ2) is 12.4. The molecule has 3 heterocycles. The van der Waals surface area contributed by atoms with Crippen molar-refractivity contribution < 1.29 is 14.3 Å². The van der Waals surface area contributed by atoms with Crippen LogP contribution in [0.25, 0.3) is 0 Å². The van der Waals surface area contributed by atoms with Crippen LogP contribution < -0.4 is 14.8 Å². The molecule has 1 aromatic heterocycles. The molecule has 2 aliphatic rings. The molecule has 9 nitrogen and oxygen atoms in total. The minimum atomic E-state index is -0.778. The van der Waals surface area contributed by atoms with Crippen molar-refractivity contribution in [3.05, 3.63) is 136 Å². The minimum absolute atomic E-state index is 0.0297. The Morgan fingerprint density at radius 2 is 1.52 bits per heavy atom. The summed E-state index contributed by atoms with van der Waals surface area (Å²) in [5.74, 6) is 2.06. The number of β-lactam (4-membered cyclic amide) rings is 1. The van der Waals surface area contributed by atoms with Crippen LogP contribution in [-0.4, -0.2) is 61.4 Å². The van der Waals surface area contributed by atoms with Crippen molar-refractivity contribution in [2.24, 2.45) is 0 Å². The zero-order valence-electron chi connectivity index (χ0n) is 28.0. The lowest BCUT2D eigenvalue weighted by Gasteiger charge is -2.50. The first kappa shape index (κ1) is 31.9. The molecule has 2 aliphatic heterocycles. The van der Waals surface area contributed by atoms with E-state index in [1.807, 2.05) is 29.2 Å². The number of carbonyl (C=O) groups excluding carboxylic acids is 1. The number of hydrogen-bond acceptors (Lipinski definition) is 8. The number of ether oxygens (including phenoxy) is 2. The van der Waals surface area contributed by atoms with Crippen molar-refractivity contribution >= 4 is 17.7 Å². The first-order chi connectivity index (χ1) is 23.2. The molecule has 2 unspecified atom stereocenters. The summed E-state index contributed by atoms with van der Waals surface area (Å²) in [7, 11) is 3.26. The Bertz CT molecular complexity index is 1920. The average molecular weight is 661 g/mol. The zero-order chi connectivity index (χ0) is 33.6. The van der Waals surface area contributed by atoms with Crippen LogP contribution >= 0.6 is 11.8 Å². The Morgan fingerprint density at radius 1 is 0.875 bits per heavy atom. The molecular formula is C38H40N6O3S. The maximum absolute atomic E-state index is 14.6. The van der Waals surface area contributed by atoms with E-state index < -0.39 is 11.6 Å². The third-order valence-corrected chi connectivity index (χ3v) is 11.3. The summed E-state index contributed by atoms with van der Waals surface area (Å²) in [4.78, 5) is 16.5. The normalized spacial score (nSPS) is 19.9. The number of hydrogen-bond donors (Lipinski definition) is 1. The molecular weight excluding hydrogens is 621 g/mol. The van der Waals surface area contributed by atoms with Gasteiger partial charge in [-0.15, -0.1) is 16.9 Å². The van der Waals surface area contributed by atoms with Gasteiger partial charge in [-0.3, -0.25) is 10.1 Å². The fourth-order valence-electron chi connectivity index (χ4n) is 7.43. The van der Waals surface area contributed by atoms with Gasteiger partial charge >= 0.3 is 0 Å². The van der Waals surface area contributed by atoms with Crippen LogP contribution in [0.3, 0.4) is 0 Å². The van der Waals surface area contributed by atoms with Gasteiger partial charge in [-0.25, -0.2) is 4.68 Å². The summed E-state index contributed by atoms with van der Waals surface area (Å²) in [6, 6.07) is 32.3. The number of nitrogens with zero attached hydrogens (tertiary/aromatic N) is 5. The monoisotopic (exact) mass is 660 g/mol. The number of thioether (sulfide) groups is 1. The van der Waals surface area contributed by atoms with Crippen molar-refractivity contribution in [2.75, 3.05) is 14.2 Å². The van der Waals surface area contributed by atoms with E-state index in [-0.39, 0.29) is 22.1 Å². The predicted octanol–water partition coefficient (Wildman–Crippen LogP) is 6.04. The van der Waals surface area contributed by atoms with Crippen molar-refractivity contribution in [2.45, 2.75) is 62.0 Å². The van der Waals surface area contributed by atoms with Gasteiger partial charge in [0.15, 0.2) is 5.82 Å². The number of carbonyl (C=O) groups is 1. The molecule has 0 spiro atoms. The lowest BCUT2D eigenvalue weighted by atomic mass is 9.73. The van der Waals surface area contributed by atoms with Gasteiger partial charge < -0.3 is 14.4 Å². The highest BCUT2D eigenvalue weighted by atomic mass is 32.2. The Labute approximate surface area is 285 Å². The lowest BCUT2D eigenvalue weighted by Crippen LogP contribution is -2.70. The number of fused-ring (bicyclic) bond motifs is 1. The highest BCUT2D eigenvalue weighted by Gasteiger charge is 2.64. The van der Waals surface area contributed by atoms with E-state index in [9.17, 15) is 4.79 Å². The summed E-state index contributed by atoms with van der Waals surface area (Å²) in [5.41, 5.74) is 5.74. The van der Waals surface area contributed by atoms with E-state index in [1.165, 1.54) is 0 Å². The largest absolute Gasteiger partial charge is 0.497 e. The standard InChI is InChI=1S/C38H40N6O3S/c1-24-14-10-12-18-29(24)38(27-16-8-7-9-17-27,30-19-13-11-15-25(30)2)39-32-35(45)44-33(37(3,4)48-36(32)44)34-40-41-42-43(34)23-26-20-21-28(46-5)22-31(26)47-6/h7-22,32-33,36,39H,23H2,1-6H3/t32?,33?,36-/m1/s1. The van der Waals surface area contributed by atoms with Gasteiger partial charge in [-0.05, 0) is 78.1 Å². The average Bonchev–Trinajstić information content (AvgIpc) is 3.65. The zero-order valence-corrected chi connectivity index (χ0v) is 28.9. The first-order valence-electron chi connectivity index (χ1n) is 16.1. The fraction of sp³-hybridized carbons (Fsp3) is 0.316. The number of methoxy groups -OCH3 is 2. The van der Waals surface area contributed by atoms with E-state index >= 15 is 0 Å². The second-order valence-electron chi connectivity index (χ2n) is 13.0. The summed E-state index contributed by atoms with van der Waals surface area (Å²) in [5, 5.41) is 16.8. The summed E-state index contributed by atoms with van der Waals surface area (Å²) in [6.07, 6.45) is 0. The number of rotatable bonds is 10. The molecule has 0 aliphatic carbocycles. The van der Waals surface area contributed by atoms with Gasteiger partial charge in [0, 0.05) is 16.4 Å². The van der Waals surface area contributed by atoms with Gasteiger partial charge in [0.1, 0.15) is 29.0 Å². The number of nitrogens with one attached hydrogen (secondary N) is 1. The van der Waals surface area contributed by atoms with E-state index in [0.717, 1.165) is 33.4 Å². The van der Waals surface area contributed by atoms with Crippen LogP contribution in [0, 0.1) is 13.8 Å². The number of benzene rings is 4. The Hall–Kier alpha value is -4.67. The predicted molar refractivity (Wildman–Crippen MR) is 187 cm³/mol. The molecule has 0 bridgehead atoms. The highest BCUT2D eigenvalue weighted by Crippen LogP contribution is 2.58. The van der Waals surface area contributed by atoms with Gasteiger partial charge in [0.2, 0.25) is 5.91 Å². The van der Waals surface area contributed by atoms with Gasteiger partial charge in [0.05, 0.1) is 26.3 Å². The molecule has 246 valence electrons. The molecule has 0 saturated carbocycles. The van der Waals surface area contributed by atoms with Crippen LogP contribution in [0.4, 0.5) is 0 Å². The summed E-state index contributed by atoms with van der Waals surface area (Å²) in [6.45, 7) is 9.01. The number of tetrazole rings is 1. The highest BCUT2D eigenvalue weighted by molar-refractivity contribution is 8.01. The molecule has 10 heteroatoms. The molecule has 1 amide bonds. The molecule has 1 N–H and O–H groups in total. The van der Waals surface area contributed by atoms with Crippen molar-refractivity contribution in [3.63, 3.8) is 0 Å². The van der Waals surface area contributed by atoms with Crippen LogP contribution in [0.5, 0.6) is 11.5 Å². The molecule has 7 rings (SSSR count). The number of amides is 1. The molecule has 4 aromatic carbocycles. The lowest BCUT2D eigenvalue weighted by molar-refractivity contribution is -0.150. The van der Waals surface area contributed by atoms with E-state index in [4.69, 9.17) is 9.47 Å². The summed E-state index contributed by atoms with van der Waals surface area (Å²) >= 11 is 1.79. The minimum Gasteiger partial charge on any atom is -0.497 e. The van der Waals surface area contributed by atoms with Crippen LogP contribution in [-0.2, 0) is 16.9 Å². The molecule has 2 saturated heterocycles. The maximum atomic E-state index is 14.6. The quantitative estimate of drug-likeness (QED) is 0.143. The first-order valence-corrected chi connectivity index (χ1v) is 17.0. The maximum Gasteiger partial charge on any atom is 0.244 e. The number of aromatic nitrogens is 4. The summed E-state index contributed by atoms with van der Waals surface area (Å²) < 4.78 is 12.5. The second-order valence-corrected chi connectivity index (χ2v) is 14.8. The molecule has 5 aromatic rings. The fourth-order valence-corrected chi connectivity index (χ4v) is 9.06. The molecule has 0 radical (unpaired) electrons. The van der Waals surface area contributed by atoms with Gasteiger partial charge in [-0.1, -0.05) is 78.9 Å². The van der Waals surface area contributed by atoms with Crippen LogP contribution in [0.2, 0.25) is 0 Å². The van der Waals surface area contributed by atoms with Crippen molar-refractivity contribution in [1.29, 1.82) is 0 Å². The molecule has 3 atom stereocenters. The number of aryl methyl sites for hydroxylation is 2. The molecule has 48 heavy (non-hydrogen) atoms. The Kier molecular flexibility index (Phi) is 8.25. The van der Waals surface area contributed by atoms with Crippen LogP contribution in [0.1, 0.15) is 59.1 Å². The Morgan fingerprint density at radius 3 is 2.15 bits per heavy atom. The van der Waals surface area contributed by atoms with Crippen molar-refractivity contribution in [1.82, 2.24) is 30.4 Å². The van der Waals surface area contributed by atoms with E-state index in [2.05, 4.69) is 121 Å². The Balaban J connectivity index is 1.28. The van der Waals surface area contributed by atoms with Crippen LogP contribution in [0.15, 0.2) is 97.1 Å².